The summed E-state index contributed by atoms with van der Waals surface area (Å²) in [5, 5.41) is 8.36. The van der Waals surface area contributed by atoms with E-state index in [-0.39, 0.29) is 31.6 Å². The van der Waals surface area contributed by atoms with Crippen molar-refractivity contribution in [2.24, 2.45) is 0 Å². The van der Waals surface area contributed by atoms with E-state index >= 15 is 0 Å². The molecule has 0 atom stereocenters. The van der Waals surface area contributed by atoms with Gasteiger partial charge in [0.15, 0.2) is 5.78 Å². The minimum Gasteiger partial charge on any atom is -0.512 e. The molecule has 1 heterocycles. The van der Waals surface area contributed by atoms with Crippen molar-refractivity contribution in [1.29, 1.82) is 0 Å². The predicted molar refractivity (Wildman–Crippen MR) is 98.8 cm³/mol. The Morgan fingerprint density at radius 1 is 1.00 bits per heavy atom. The number of aliphatic hydroxyl groups excluding tert-OH is 1. The van der Waals surface area contributed by atoms with Crippen molar-refractivity contribution in [3.05, 3.63) is 84.9 Å². The fourth-order valence-corrected chi connectivity index (χ4v) is 2.12. The number of hydrogen-bond acceptors (Lipinski definition) is 4. The maximum absolute atomic E-state index is 10.0. The second-order valence-electron chi connectivity index (χ2n) is 5.33. The number of ketones is 1. The van der Waals surface area contributed by atoms with E-state index in [1.165, 1.54) is 19.9 Å². The monoisotopic (exact) mass is 524 g/mol. The van der Waals surface area contributed by atoms with Crippen LogP contribution in [0.1, 0.15) is 13.8 Å². The van der Waals surface area contributed by atoms with Crippen LogP contribution in [0.2, 0.25) is 0 Å². The van der Waals surface area contributed by atoms with Crippen molar-refractivity contribution in [2.75, 3.05) is 0 Å². The molecule has 1 aromatic heterocycles. The van der Waals surface area contributed by atoms with Gasteiger partial charge in [-0.1, -0.05) is 36.4 Å². The van der Waals surface area contributed by atoms with Crippen LogP contribution in [0.4, 0.5) is 0 Å². The van der Waals surface area contributed by atoms with Gasteiger partial charge in [-0.15, -0.1) is 35.9 Å². The zero-order valence-corrected chi connectivity index (χ0v) is 16.9. The van der Waals surface area contributed by atoms with Gasteiger partial charge in [-0.05, 0) is 25.1 Å². The second-order valence-corrected chi connectivity index (χ2v) is 5.33. The molecule has 4 nitrogen and oxygen atoms in total. The molecular formula is C21H19IrN2O2-. The Kier molecular flexibility index (Phi) is 9.13. The second kappa shape index (κ2) is 11.1. The Morgan fingerprint density at radius 3 is 2.19 bits per heavy atom. The molecule has 0 aliphatic rings. The van der Waals surface area contributed by atoms with E-state index in [9.17, 15) is 4.79 Å². The third-order valence-electron chi connectivity index (χ3n) is 3.13. The van der Waals surface area contributed by atoms with Gasteiger partial charge in [0.25, 0.3) is 0 Å². The van der Waals surface area contributed by atoms with Crippen LogP contribution < -0.4 is 0 Å². The Balaban J connectivity index is 0.000000366. The average Bonchev–Trinajstić information content (AvgIpc) is 2.63. The molecule has 0 bridgehead atoms. The first-order valence-corrected chi connectivity index (χ1v) is 7.78. The Hall–Kier alpha value is -2.62. The molecule has 0 unspecified atom stereocenters. The zero-order chi connectivity index (χ0) is 18.1. The van der Waals surface area contributed by atoms with Crippen molar-refractivity contribution in [2.45, 2.75) is 13.8 Å². The number of carbonyl (C=O) groups is 1. The van der Waals surface area contributed by atoms with E-state index in [4.69, 9.17) is 5.11 Å². The topological polar surface area (TPSA) is 63.1 Å². The Morgan fingerprint density at radius 2 is 1.65 bits per heavy atom. The van der Waals surface area contributed by atoms with Gasteiger partial charge < -0.3 is 5.11 Å². The van der Waals surface area contributed by atoms with E-state index in [1.54, 1.807) is 6.33 Å². The summed E-state index contributed by atoms with van der Waals surface area (Å²) in [6.45, 7) is 2.85. The van der Waals surface area contributed by atoms with E-state index in [2.05, 4.69) is 16.0 Å². The summed E-state index contributed by atoms with van der Waals surface area (Å²) in [6, 6.07) is 23.1. The Labute approximate surface area is 167 Å². The van der Waals surface area contributed by atoms with Crippen LogP contribution in [-0.2, 0) is 24.9 Å². The molecule has 0 saturated heterocycles. The number of allylic oxidation sites excluding steroid dienone is 2. The van der Waals surface area contributed by atoms with Crippen molar-refractivity contribution in [3.63, 3.8) is 0 Å². The van der Waals surface area contributed by atoms with Crippen LogP contribution >= 0.6 is 0 Å². The molecule has 0 spiro atoms. The summed E-state index contributed by atoms with van der Waals surface area (Å²) in [5.74, 6) is -0.0625. The van der Waals surface area contributed by atoms with Crippen molar-refractivity contribution < 1.29 is 30.0 Å². The van der Waals surface area contributed by atoms with E-state index in [0.717, 1.165) is 22.5 Å². The Bertz CT molecular complexity index is 791. The summed E-state index contributed by atoms with van der Waals surface area (Å²) in [7, 11) is 0. The third-order valence-corrected chi connectivity index (χ3v) is 3.13. The first-order chi connectivity index (χ1) is 12.1. The molecule has 135 valence electrons. The van der Waals surface area contributed by atoms with Gasteiger partial charge in [0.2, 0.25) is 0 Å². The third kappa shape index (κ3) is 7.09. The molecule has 0 aliphatic heterocycles. The summed E-state index contributed by atoms with van der Waals surface area (Å²) in [6.07, 6.45) is 2.76. The number of hydrogen-bond donors (Lipinski definition) is 1. The van der Waals surface area contributed by atoms with Gasteiger partial charge in [-0.3, -0.25) is 9.78 Å². The quantitative estimate of drug-likeness (QED) is 0.309. The SMILES string of the molecule is CC(=O)C=C(C)O.[Ir].[c-]1ccccc1-c1cc(-c2ccccc2)ncn1. The van der Waals surface area contributed by atoms with E-state index < -0.39 is 0 Å². The van der Waals surface area contributed by atoms with Crippen molar-refractivity contribution in [1.82, 2.24) is 9.97 Å². The van der Waals surface area contributed by atoms with Crippen LogP contribution in [0.3, 0.4) is 0 Å². The fraction of sp³-hybridized carbons (Fsp3) is 0.0952. The van der Waals surface area contributed by atoms with E-state index in [1.807, 2.05) is 60.7 Å². The predicted octanol–water partition coefficient (Wildman–Crippen LogP) is 4.65. The van der Waals surface area contributed by atoms with Crippen LogP contribution in [0, 0.1) is 6.07 Å². The number of aliphatic hydroxyl groups is 1. The molecule has 3 aromatic rings. The summed E-state index contributed by atoms with van der Waals surface area (Å²) < 4.78 is 0. The number of aromatic nitrogens is 2. The molecule has 1 radical (unpaired) electrons. The number of carbonyl (C=O) groups excluding carboxylic acids is 1. The molecule has 0 fully saturated rings. The van der Waals surface area contributed by atoms with Gasteiger partial charge in [0.05, 0.1) is 11.5 Å². The standard InChI is InChI=1S/C16H11N2.C5H8O2.Ir/c1-3-7-13(8-4-1)15-11-16(18-12-17-15)14-9-5-2-6-10-14;1-4(6)3-5(2)7;/h1-9,11-12H;3,6H,1-2H3;/q-1;;. The van der Waals surface area contributed by atoms with Gasteiger partial charge in [-0.2, -0.15) is 0 Å². The molecule has 26 heavy (non-hydrogen) atoms. The molecular weight excluding hydrogens is 504 g/mol. The first kappa shape index (κ1) is 21.4. The van der Waals surface area contributed by atoms with Crippen LogP contribution in [0.15, 0.2) is 78.8 Å². The number of benzene rings is 2. The van der Waals surface area contributed by atoms with Gasteiger partial charge in [-0.25, -0.2) is 4.98 Å². The maximum Gasteiger partial charge on any atom is 0.155 e. The summed E-state index contributed by atoms with van der Waals surface area (Å²) in [4.78, 5) is 18.6. The van der Waals surface area contributed by atoms with Crippen molar-refractivity contribution >= 4 is 5.78 Å². The molecule has 3 rings (SSSR count). The average molecular weight is 524 g/mol. The van der Waals surface area contributed by atoms with Gasteiger partial charge >= 0.3 is 0 Å². The van der Waals surface area contributed by atoms with Gasteiger partial charge in [0.1, 0.15) is 6.33 Å². The first-order valence-electron chi connectivity index (χ1n) is 7.78. The molecule has 0 aliphatic carbocycles. The summed E-state index contributed by atoms with van der Waals surface area (Å²) in [5.41, 5.74) is 3.90. The van der Waals surface area contributed by atoms with Crippen LogP contribution in [-0.4, -0.2) is 20.9 Å². The summed E-state index contributed by atoms with van der Waals surface area (Å²) >= 11 is 0. The van der Waals surface area contributed by atoms with Gasteiger partial charge in [0, 0.05) is 26.2 Å². The normalized spacial score (nSPS) is 10.2. The van der Waals surface area contributed by atoms with Crippen LogP contribution in [0.25, 0.3) is 22.5 Å². The molecule has 5 heteroatoms. The minimum absolute atomic E-state index is 0. The molecule has 0 amide bonds. The maximum atomic E-state index is 10.0. The molecule has 1 N–H and O–H groups in total. The van der Waals surface area contributed by atoms with Crippen molar-refractivity contribution in [3.8, 4) is 22.5 Å². The molecule has 2 aromatic carbocycles. The molecule has 0 saturated carbocycles. The smallest absolute Gasteiger partial charge is 0.155 e. The largest absolute Gasteiger partial charge is 0.512 e. The zero-order valence-electron chi connectivity index (χ0n) is 14.5. The number of rotatable bonds is 3. The fourth-order valence-electron chi connectivity index (χ4n) is 2.12. The van der Waals surface area contributed by atoms with Crippen LogP contribution in [0.5, 0.6) is 0 Å². The van der Waals surface area contributed by atoms with E-state index in [0.29, 0.717) is 0 Å². The number of nitrogens with zero attached hydrogens (tertiary/aromatic N) is 2. The minimum atomic E-state index is -0.125.